The maximum absolute atomic E-state index is 5.47. The third-order valence-corrected chi connectivity index (χ3v) is 2.18. The van der Waals surface area contributed by atoms with E-state index in [-0.39, 0.29) is 0 Å². The number of hydrogen-bond donors (Lipinski definition) is 1. The van der Waals surface area contributed by atoms with Gasteiger partial charge < -0.3 is 5.73 Å². The zero-order chi connectivity index (χ0) is 9.80. The van der Waals surface area contributed by atoms with Gasteiger partial charge in [-0.05, 0) is 24.0 Å². The fourth-order valence-electron chi connectivity index (χ4n) is 0.910. The Labute approximate surface area is 85.6 Å². The Bertz CT molecular complexity index is 479. The van der Waals surface area contributed by atoms with Crippen molar-refractivity contribution in [1.29, 1.82) is 0 Å². The number of aromatic nitrogens is 2. The molecule has 0 fully saturated rings. The van der Waals surface area contributed by atoms with E-state index in [0.29, 0.717) is 10.8 Å². The first-order chi connectivity index (χ1) is 6.84. The maximum Gasteiger partial charge on any atom is 0.181 e. The zero-order valence-electron chi connectivity index (χ0n) is 7.27. The molecule has 0 aliphatic heterocycles. The lowest BCUT2D eigenvalue weighted by Gasteiger charge is -1.84. The van der Waals surface area contributed by atoms with Crippen LogP contribution in [0.4, 0.5) is 5.13 Å². The monoisotopic (exact) mass is 201 g/mol. The Hall–Kier alpha value is -1.86. The van der Waals surface area contributed by atoms with Crippen LogP contribution in [0.15, 0.2) is 29.8 Å². The number of hydrogen-bond acceptors (Lipinski definition) is 4. The molecule has 14 heavy (non-hydrogen) atoms. The second-order valence-electron chi connectivity index (χ2n) is 2.54. The molecule has 0 aliphatic carbocycles. The summed E-state index contributed by atoms with van der Waals surface area (Å²) in [6, 6.07) is 5.60. The van der Waals surface area contributed by atoms with E-state index in [9.17, 15) is 0 Å². The van der Waals surface area contributed by atoms with E-state index in [0.717, 1.165) is 5.69 Å². The van der Waals surface area contributed by atoms with Gasteiger partial charge in [-0.2, -0.15) is 0 Å². The van der Waals surface area contributed by atoms with E-state index in [1.807, 2.05) is 23.6 Å². The van der Waals surface area contributed by atoms with Crippen LogP contribution in [0.25, 0.3) is 0 Å². The van der Waals surface area contributed by atoms with Crippen LogP contribution >= 0.6 is 11.3 Å². The molecule has 0 spiro atoms. The standard InChI is InChI=1S/C10H7N3S/c11-10-13-9(7-14-10)5-4-8-3-1-2-6-12-8/h1-3,6-7H,(H2,11,13). The minimum absolute atomic E-state index is 0.537. The highest BCUT2D eigenvalue weighted by molar-refractivity contribution is 7.13. The third-order valence-electron chi connectivity index (χ3n) is 1.51. The van der Waals surface area contributed by atoms with Crippen LogP contribution < -0.4 is 5.73 Å². The molecule has 2 N–H and O–H groups in total. The van der Waals surface area contributed by atoms with Gasteiger partial charge in [-0.15, -0.1) is 11.3 Å². The van der Waals surface area contributed by atoms with Crippen molar-refractivity contribution < 1.29 is 0 Å². The molecule has 3 nitrogen and oxygen atoms in total. The lowest BCUT2D eigenvalue weighted by Crippen LogP contribution is -1.82. The average molecular weight is 201 g/mol. The molecule has 2 aromatic rings. The number of anilines is 1. The number of nitrogens with two attached hydrogens (primary N) is 1. The van der Waals surface area contributed by atoms with Crippen LogP contribution in [0.1, 0.15) is 11.4 Å². The summed E-state index contributed by atoms with van der Waals surface area (Å²) in [4.78, 5) is 8.09. The summed E-state index contributed by atoms with van der Waals surface area (Å²) >= 11 is 1.38. The Morgan fingerprint density at radius 2 is 2.07 bits per heavy atom. The number of rotatable bonds is 0. The van der Waals surface area contributed by atoms with E-state index in [4.69, 9.17) is 5.73 Å². The van der Waals surface area contributed by atoms with Crippen molar-refractivity contribution in [3.05, 3.63) is 41.2 Å². The predicted octanol–water partition coefficient (Wildman–Crippen LogP) is 1.52. The molecule has 4 heteroatoms. The van der Waals surface area contributed by atoms with Crippen LogP contribution in [0.2, 0.25) is 0 Å². The number of nitrogen functional groups attached to an aromatic ring is 1. The molecule has 2 aromatic heterocycles. The fourth-order valence-corrected chi connectivity index (χ4v) is 1.40. The molecular formula is C10H7N3S. The van der Waals surface area contributed by atoms with Gasteiger partial charge in [0.2, 0.25) is 0 Å². The lowest BCUT2D eigenvalue weighted by atomic mass is 10.3. The Kier molecular flexibility index (Phi) is 2.43. The molecule has 0 atom stereocenters. The van der Waals surface area contributed by atoms with Crippen molar-refractivity contribution in [3.8, 4) is 11.8 Å². The normalized spacial score (nSPS) is 9.14. The summed E-state index contributed by atoms with van der Waals surface area (Å²) in [5.74, 6) is 5.79. The average Bonchev–Trinajstić information content (AvgIpc) is 2.63. The van der Waals surface area contributed by atoms with Gasteiger partial charge >= 0.3 is 0 Å². The van der Waals surface area contributed by atoms with E-state index in [2.05, 4.69) is 21.8 Å². The van der Waals surface area contributed by atoms with Gasteiger partial charge in [0, 0.05) is 11.6 Å². The van der Waals surface area contributed by atoms with Crippen LogP contribution in [-0.4, -0.2) is 9.97 Å². The fraction of sp³-hybridized carbons (Fsp3) is 0. The molecule has 0 radical (unpaired) electrons. The maximum atomic E-state index is 5.47. The molecule has 2 rings (SSSR count). The second kappa shape index (κ2) is 3.90. The first-order valence-electron chi connectivity index (χ1n) is 3.98. The van der Waals surface area contributed by atoms with Gasteiger partial charge in [0.1, 0.15) is 11.4 Å². The summed E-state index contributed by atoms with van der Waals surface area (Å²) in [6.07, 6.45) is 1.71. The SMILES string of the molecule is Nc1nc(C#Cc2ccccn2)cs1. The topological polar surface area (TPSA) is 51.8 Å². The molecular weight excluding hydrogens is 194 g/mol. The van der Waals surface area contributed by atoms with Gasteiger partial charge in [0.15, 0.2) is 5.13 Å². The van der Waals surface area contributed by atoms with Crippen molar-refractivity contribution in [1.82, 2.24) is 9.97 Å². The minimum atomic E-state index is 0.537. The highest BCUT2D eigenvalue weighted by Crippen LogP contribution is 2.09. The van der Waals surface area contributed by atoms with Gasteiger partial charge in [-0.25, -0.2) is 9.97 Å². The van der Waals surface area contributed by atoms with E-state index in [1.54, 1.807) is 6.20 Å². The molecule has 0 amide bonds. The Morgan fingerprint density at radius 1 is 1.21 bits per heavy atom. The summed E-state index contributed by atoms with van der Waals surface area (Å²) in [6.45, 7) is 0. The predicted molar refractivity (Wildman–Crippen MR) is 56.7 cm³/mol. The Balaban J connectivity index is 2.23. The van der Waals surface area contributed by atoms with Gasteiger partial charge in [0.25, 0.3) is 0 Å². The molecule has 0 saturated heterocycles. The van der Waals surface area contributed by atoms with Crippen LogP contribution in [-0.2, 0) is 0 Å². The van der Waals surface area contributed by atoms with Gasteiger partial charge in [-0.3, -0.25) is 0 Å². The van der Waals surface area contributed by atoms with Gasteiger partial charge in [0.05, 0.1) is 0 Å². The number of nitrogens with zero attached hydrogens (tertiary/aromatic N) is 2. The van der Waals surface area contributed by atoms with E-state index in [1.165, 1.54) is 11.3 Å². The molecule has 0 saturated carbocycles. The van der Waals surface area contributed by atoms with Gasteiger partial charge in [-0.1, -0.05) is 6.07 Å². The quantitative estimate of drug-likeness (QED) is 0.657. The van der Waals surface area contributed by atoms with Crippen LogP contribution in [0, 0.1) is 11.8 Å². The summed E-state index contributed by atoms with van der Waals surface area (Å²) in [7, 11) is 0. The molecule has 68 valence electrons. The molecule has 0 aliphatic rings. The largest absolute Gasteiger partial charge is 0.375 e. The third kappa shape index (κ3) is 2.09. The molecule has 2 heterocycles. The van der Waals surface area contributed by atoms with Crippen LogP contribution in [0.3, 0.4) is 0 Å². The lowest BCUT2D eigenvalue weighted by molar-refractivity contribution is 1.29. The van der Waals surface area contributed by atoms with Crippen molar-refractivity contribution in [2.45, 2.75) is 0 Å². The van der Waals surface area contributed by atoms with Crippen molar-refractivity contribution in [2.75, 3.05) is 5.73 Å². The number of thiazole rings is 1. The van der Waals surface area contributed by atoms with E-state index < -0.39 is 0 Å². The summed E-state index contributed by atoms with van der Waals surface area (Å²) < 4.78 is 0. The molecule has 0 unspecified atom stereocenters. The van der Waals surface area contributed by atoms with Crippen molar-refractivity contribution in [2.24, 2.45) is 0 Å². The highest BCUT2D eigenvalue weighted by Gasteiger charge is 1.92. The molecule has 0 aromatic carbocycles. The van der Waals surface area contributed by atoms with Crippen molar-refractivity contribution >= 4 is 16.5 Å². The van der Waals surface area contributed by atoms with Crippen LogP contribution in [0.5, 0.6) is 0 Å². The first kappa shape index (κ1) is 8.73. The first-order valence-corrected chi connectivity index (χ1v) is 4.86. The van der Waals surface area contributed by atoms with Crippen molar-refractivity contribution in [3.63, 3.8) is 0 Å². The second-order valence-corrected chi connectivity index (χ2v) is 3.43. The molecule has 0 bridgehead atoms. The Morgan fingerprint density at radius 3 is 2.71 bits per heavy atom. The zero-order valence-corrected chi connectivity index (χ0v) is 8.08. The minimum Gasteiger partial charge on any atom is -0.375 e. The highest BCUT2D eigenvalue weighted by atomic mass is 32.1. The smallest absolute Gasteiger partial charge is 0.181 e. The summed E-state index contributed by atoms with van der Waals surface area (Å²) in [5, 5.41) is 2.36. The summed E-state index contributed by atoms with van der Waals surface area (Å²) in [5.41, 5.74) is 6.90. The van der Waals surface area contributed by atoms with E-state index >= 15 is 0 Å². The number of pyridine rings is 1.